The Hall–Kier alpha value is 0.180. The summed E-state index contributed by atoms with van der Waals surface area (Å²) >= 11 is 7.18. The molecule has 1 saturated heterocycles. The Morgan fingerprint density at radius 1 is 0.667 bits per heavy atom. The number of carboxylic acids is 2. The molecule has 8 nitrogen and oxygen atoms in total. The monoisotopic (exact) mass is 584 g/mol. The highest BCUT2D eigenvalue weighted by Crippen LogP contribution is 2.16. The second-order valence-corrected chi connectivity index (χ2v) is 13.2. The van der Waals surface area contributed by atoms with Gasteiger partial charge in [-0.25, -0.2) is 0 Å². The van der Waals surface area contributed by atoms with E-state index in [1.54, 1.807) is 47.0 Å². The number of thioether (sulfide) groups is 4. The van der Waals surface area contributed by atoms with Crippen LogP contribution in [0.15, 0.2) is 0 Å². The Bertz CT molecular complexity index is 558. The zero-order valence-electron chi connectivity index (χ0n) is 22.4. The normalized spacial score (nSPS) is 25.2. The molecule has 1 heterocycles. The second kappa shape index (κ2) is 21.1. The molecule has 4 N–H and O–H groups in total. The summed E-state index contributed by atoms with van der Waals surface area (Å²) in [6, 6.07) is 0.541. The summed E-state index contributed by atoms with van der Waals surface area (Å²) in [4.78, 5) is 28.0. The van der Waals surface area contributed by atoms with Crippen LogP contribution in [0.5, 0.6) is 0 Å². The van der Waals surface area contributed by atoms with Crippen LogP contribution >= 0.6 is 47.0 Å². The van der Waals surface area contributed by atoms with E-state index in [4.69, 9.17) is 0 Å². The molecule has 0 aromatic rings. The van der Waals surface area contributed by atoms with Gasteiger partial charge in [0.15, 0.2) is 0 Å². The van der Waals surface area contributed by atoms with Crippen LogP contribution in [-0.4, -0.2) is 143 Å². The summed E-state index contributed by atoms with van der Waals surface area (Å²) in [6.45, 7) is 2.84. The van der Waals surface area contributed by atoms with Crippen LogP contribution in [0.3, 0.4) is 0 Å². The molecular formula is C24H48N4O4S4. The van der Waals surface area contributed by atoms with Gasteiger partial charge in [-0.3, -0.25) is 19.4 Å². The fourth-order valence-corrected chi connectivity index (χ4v) is 6.63. The third-order valence-electron chi connectivity index (χ3n) is 6.55. The highest BCUT2D eigenvalue weighted by molar-refractivity contribution is 7.99. The van der Waals surface area contributed by atoms with Crippen LogP contribution in [0.4, 0.5) is 0 Å². The lowest BCUT2D eigenvalue weighted by Crippen LogP contribution is -2.57. The number of carboxylic acid groups (broad SMARTS) is 2. The summed E-state index contributed by atoms with van der Waals surface area (Å²) in [5.41, 5.74) is 0. The molecule has 1 aliphatic heterocycles. The van der Waals surface area contributed by atoms with Crippen molar-refractivity contribution in [1.29, 1.82) is 0 Å². The third kappa shape index (κ3) is 14.9. The van der Waals surface area contributed by atoms with Crippen LogP contribution < -0.4 is 10.6 Å². The van der Waals surface area contributed by atoms with E-state index in [-0.39, 0.29) is 37.3 Å². The zero-order valence-corrected chi connectivity index (χ0v) is 25.7. The SMILES string of the molecule is CSCC[C@H]1CN(CC(=O)O)[C@@H](CCSC)CN[C@@H](CCSC)CN(CC(=O)O)[C@@H](CCSC)CN1. The van der Waals surface area contributed by atoms with Crippen molar-refractivity contribution < 1.29 is 19.8 Å². The van der Waals surface area contributed by atoms with Crippen LogP contribution in [0.2, 0.25) is 0 Å². The first-order valence-corrected chi connectivity index (χ1v) is 18.3. The first kappa shape index (κ1) is 34.2. The maximum absolute atomic E-state index is 11.8. The van der Waals surface area contributed by atoms with Crippen molar-refractivity contribution in [2.75, 3.05) is 87.3 Å². The number of aliphatic carboxylic acids is 2. The summed E-state index contributed by atoms with van der Waals surface area (Å²) < 4.78 is 0. The molecule has 0 amide bonds. The van der Waals surface area contributed by atoms with Gasteiger partial charge < -0.3 is 20.8 Å². The van der Waals surface area contributed by atoms with Crippen molar-refractivity contribution in [3.05, 3.63) is 0 Å². The van der Waals surface area contributed by atoms with Gasteiger partial charge in [0, 0.05) is 50.3 Å². The molecule has 0 spiro atoms. The summed E-state index contributed by atoms with van der Waals surface area (Å²) in [6.07, 6.45) is 12.1. The molecule has 1 fully saturated rings. The third-order valence-corrected chi connectivity index (χ3v) is 9.13. The van der Waals surface area contributed by atoms with Gasteiger partial charge in [-0.15, -0.1) is 0 Å². The molecule has 36 heavy (non-hydrogen) atoms. The minimum atomic E-state index is -0.788. The summed E-state index contributed by atoms with van der Waals surface area (Å²) in [5.74, 6) is 2.37. The fraction of sp³-hybridized carbons (Fsp3) is 0.917. The van der Waals surface area contributed by atoms with E-state index < -0.39 is 11.9 Å². The lowest BCUT2D eigenvalue weighted by molar-refractivity contribution is -0.139. The van der Waals surface area contributed by atoms with Crippen molar-refractivity contribution in [3.8, 4) is 0 Å². The molecule has 0 unspecified atom stereocenters. The van der Waals surface area contributed by atoms with Crippen LogP contribution in [0.1, 0.15) is 25.7 Å². The molecule has 0 aromatic carbocycles. The molecular weight excluding hydrogens is 537 g/mol. The van der Waals surface area contributed by atoms with E-state index >= 15 is 0 Å². The van der Waals surface area contributed by atoms with E-state index in [0.29, 0.717) is 26.2 Å². The Morgan fingerprint density at radius 3 is 1.31 bits per heavy atom. The highest BCUT2D eigenvalue weighted by atomic mass is 32.2. The molecule has 1 aliphatic rings. The standard InChI is InChI=1S/C24H48N4O4S4/c1-33-9-5-19-15-27(17-23(29)30)22(8-12-36-4)14-26-20(6-10-34-2)16-28(18-24(31)32)21(13-25-19)7-11-35-3/h19-22,25-26H,5-18H2,1-4H3,(H,29,30)(H,31,32)/t19-,20-,21-,22-/m0/s1. The molecule has 212 valence electrons. The minimum Gasteiger partial charge on any atom is -0.480 e. The molecule has 12 heteroatoms. The number of nitrogens with zero attached hydrogens (tertiary/aromatic N) is 2. The van der Waals surface area contributed by atoms with E-state index in [1.807, 2.05) is 0 Å². The van der Waals surface area contributed by atoms with Crippen LogP contribution in [0.25, 0.3) is 0 Å². The van der Waals surface area contributed by atoms with Gasteiger partial charge in [0.1, 0.15) is 0 Å². The van der Waals surface area contributed by atoms with Gasteiger partial charge in [-0.05, 0) is 73.7 Å². The van der Waals surface area contributed by atoms with E-state index in [1.165, 1.54) is 0 Å². The first-order chi connectivity index (χ1) is 17.3. The van der Waals surface area contributed by atoms with Crippen LogP contribution in [0, 0.1) is 0 Å². The van der Waals surface area contributed by atoms with Crippen molar-refractivity contribution in [2.24, 2.45) is 0 Å². The van der Waals surface area contributed by atoms with E-state index in [0.717, 1.165) is 48.7 Å². The predicted molar refractivity (Wildman–Crippen MR) is 162 cm³/mol. The number of carbonyl (C=O) groups is 2. The number of hydrogen-bond donors (Lipinski definition) is 4. The highest BCUT2D eigenvalue weighted by Gasteiger charge is 2.29. The van der Waals surface area contributed by atoms with Gasteiger partial charge in [0.2, 0.25) is 0 Å². The van der Waals surface area contributed by atoms with Gasteiger partial charge >= 0.3 is 11.9 Å². The minimum absolute atomic E-state index is 0.0364. The van der Waals surface area contributed by atoms with E-state index in [9.17, 15) is 19.8 Å². The average molecular weight is 585 g/mol. The Morgan fingerprint density at radius 2 is 1.00 bits per heavy atom. The topological polar surface area (TPSA) is 105 Å². The number of hydrogen-bond acceptors (Lipinski definition) is 10. The Kier molecular flexibility index (Phi) is 20.0. The average Bonchev–Trinajstić information content (AvgIpc) is 2.83. The number of nitrogens with one attached hydrogen (secondary N) is 2. The summed E-state index contributed by atoms with van der Waals surface area (Å²) in [7, 11) is 0. The number of rotatable bonds is 16. The van der Waals surface area contributed by atoms with Crippen molar-refractivity contribution in [2.45, 2.75) is 49.9 Å². The first-order valence-electron chi connectivity index (χ1n) is 12.7. The summed E-state index contributed by atoms with van der Waals surface area (Å²) in [5, 5.41) is 27.0. The molecule has 1 rings (SSSR count). The largest absolute Gasteiger partial charge is 0.480 e. The van der Waals surface area contributed by atoms with Gasteiger partial charge in [0.05, 0.1) is 13.1 Å². The quantitative estimate of drug-likeness (QED) is 0.214. The maximum Gasteiger partial charge on any atom is 0.317 e. The fourth-order valence-electron chi connectivity index (χ4n) is 4.58. The second-order valence-electron chi connectivity index (χ2n) is 9.29. The zero-order chi connectivity index (χ0) is 26.8. The molecule has 0 radical (unpaired) electrons. The molecule has 0 aliphatic carbocycles. The maximum atomic E-state index is 11.8. The van der Waals surface area contributed by atoms with Gasteiger partial charge in [-0.2, -0.15) is 47.0 Å². The Labute approximate surface area is 235 Å². The lowest BCUT2D eigenvalue weighted by Gasteiger charge is -2.39. The molecule has 0 aromatic heterocycles. The van der Waals surface area contributed by atoms with Crippen molar-refractivity contribution >= 4 is 59.0 Å². The Balaban J connectivity index is 3.31. The molecule has 0 bridgehead atoms. The smallest absolute Gasteiger partial charge is 0.317 e. The predicted octanol–water partition coefficient (Wildman–Crippen LogP) is 2.44. The van der Waals surface area contributed by atoms with Gasteiger partial charge in [-0.1, -0.05) is 0 Å². The molecule has 4 atom stereocenters. The van der Waals surface area contributed by atoms with E-state index in [2.05, 4.69) is 45.5 Å². The van der Waals surface area contributed by atoms with Crippen molar-refractivity contribution in [1.82, 2.24) is 20.4 Å². The lowest BCUT2D eigenvalue weighted by atomic mass is 10.1. The van der Waals surface area contributed by atoms with Crippen molar-refractivity contribution in [3.63, 3.8) is 0 Å². The van der Waals surface area contributed by atoms with Gasteiger partial charge in [0.25, 0.3) is 0 Å². The van der Waals surface area contributed by atoms with Crippen LogP contribution in [-0.2, 0) is 9.59 Å². The molecule has 0 saturated carbocycles.